The van der Waals surface area contributed by atoms with Crippen molar-refractivity contribution < 1.29 is 23.0 Å². The molecule has 6 N–H and O–H groups in total. The van der Waals surface area contributed by atoms with Crippen molar-refractivity contribution in [2.24, 2.45) is 11.7 Å². The molecule has 0 aromatic heterocycles. The average molecular weight is 623 g/mol. The monoisotopic (exact) mass is 622 g/mol. The number of hydrogen-bond acceptors (Lipinski definition) is 7. The summed E-state index contributed by atoms with van der Waals surface area (Å²) >= 11 is 6.17. The Bertz CT molecular complexity index is 1220. The highest BCUT2D eigenvalue weighted by atomic mass is 35.5. The van der Waals surface area contributed by atoms with Gasteiger partial charge in [0.25, 0.3) is 0 Å². The van der Waals surface area contributed by atoms with Crippen LogP contribution in [0.2, 0.25) is 5.02 Å². The molecule has 232 valence electrons. The van der Waals surface area contributed by atoms with Gasteiger partial charge >= 0.3 is 0 Å². The highest BCUT2D eigenvalue weighted by Crippen LogP contribution is 2.49. The predicted molar refractivity (Wildman–Crippen MR) is 168 cm³/mol. The van der Waals surface area contributed by atoms with E-state index in [4.69, 9.17) is 22.1 Å². The lowest BCUT2D eigenvalue weighted by atomic mass is 9.72. The molecule has 2 aromatic carbocycles. The molecule has 4 unspecified atom stereocenters. The van der Waals surface area contributed by atoms with Crippen molar-refractivity contribution in [2.45, 2.75) is 81.5 Å². The number of amides is 1. The Labute approximate surface area is 255 Å². The first-order valence-corrected chi connectivity index (χ1v) is 17.1. The number of nitrogens with zero attached hydrogens (tertiary/aromatic N) is 1. The smallest absolute Gasteiger partial charge is 0.241 e. The first-order chi connectivity index (χ1) is 20.2. The van der Waals surface area contributed by atoms with E-state index in [-0.39, 0.29) is 35.9 Å². The molecule has 7 atom stereocenters. The van der Waals surface area contributed by atoms with Gasteiger partial charge in [0.2, 0.25) is 5.91 Å². The number of hydrogen-bond donors (Lipinski definition) is 5. The fourth-order valence-electron chi connectivity index (χ4n) is 7.07. The average Bonchev–Trinajstić information content (AvgIpc) is 3.09. The summed E-state index contributed by atoms with van der Waals surface area (Å²) in [5.74, 6) is -0.526. The molecule has 2 aromatic rings. The molecule has 2 heterocycles. The summed E-state index contributed by atoms with van der Waals surface area (Å²) in [5.41, 5.74) is 8.47. The highest BCUT2D eigenvalue weighted by molar-refractivity contribution is 8.22. The van der Waals surface area contributed by atoms with E-state index in [1.165, 1.54) is 6.07 Å². The van der Waals surface area contributed by atoms with Crippen molar-refractivity contribution in [3.05, 3.63) is 64.4 Å². The molecule has 1 saturated carbocycles. The summed E-state index contributed by atoms with van der Waals surface area (Å²) in [6, 6.07) is 11.4. The third kappa shape index (κ3) is 7.30. The minimum atomic E-state index is -2.86. The van der Waals surface area contributed by atoms with Crippen LogP contribution >= 0.6 is 22.4 Å². The summed E-state index contributed by atoms with van der Waals surface area (Å²) < 4.78 is 44.3. The zero-order chi connectivity index (χ0) is 29.9. The van der Waals surface area contributed by atoms with Gasteiger partial charge in [-0.2, -0.15) is 0 Å². The van der Waals surface area contributed by atoms with Gasteiger partial charge in [-0.05, 0) is 80.7 Å². The molecular weight excluding hydrogens is 579 g/mol. The van der Waals surface area contributed by atoms with E-state index < -0.39 is 22.6 Å². The molecule has 2 saturated heterocycles. The number of fused-ring (bicyclic) bond motifs is 2. The second kappa shape index (κ2) is 13.9. The second-order valence-corrected chi connectivity index (χ2v) is 14.6. The zero-order valence-electron chi connectivity index (χ0n) is 24.2. The number of methoxy groups -OCH3 is 1. The summed E-state index contributed by atoms with van der Waals surface area (Å²) in [6.07, 6.45) is 6.36. The molecule has 2 bridgehead atoms. The number of nitrogens with one attached hydrogen (secondary N) is 2. The summed E-state index contributed by atoms with van der Waals surface area (Å²) in [6.45, 7) is 1.17. The van der Waals surface area contributed by atoms with Crippen LogP contribution in [0.1, 0.15) is 62.0 Å². The van der Waals surface area contributed by atoms with Gasteiger partial charge in [-0.3, -0.25) is 13.9 Å². The Balaban J connectivity index is 1.33. The third-order valence-corrected chi connectivity index (χ3v) is 11.6. The van der Waals surface area contributed by atoms with Crippen molar-refractivity contribution in [3.8, 4) is 0 Å². The normalized spacial score (nSPS) is 29.6. The van der Waals surface area contributed by atoms with Gasteiger partial charge in [0, 0.05) is 54.5 Å². The Kier molecular flexibility index (Phi) is 10.5. The Morgan fingerprint density at radius 1 is 1.21 bits per heavy atom. The standard InChI is InChI=1S/C31H44ClFN4O4S/c1-41-25-7-2-5-21(17-25)29(20-10-12-22(32)13-11-20)30(34)31(38)36-28-9-3-8-27(33)26(28)15-14-24-18-35-23-6-4-16-42(39,40)37(24)19-23/h3,8-13,21,23-25,29-30,35,39-40H,2,4-7,14-19,34H2,1H3,(H,36,38)/t21?,23?,24-,25?,29-,30-/m0/s1. The molecule has 42 heavy (non-hydrogen) atoms. The fourth-order valence-corrected chi connectivity index (χ4v) is 9.06. The van der Waals surface area contributed by atoms with E-state index in [1.54, 1.807) is 19.2 Å². The largest absolute Gasteiger partial charge is 0.381 e. The van der Waals surface area contributed by atoms with Crippen molar-refractivity contribution in [1.82, 2.24) is 9.62 Å². The maximum absolute atomic E-state index is 15.2. The van der Waals surface area contributed by atoms with Gasteiger partial charge in [0.15, 0.2) is 0 Å². The van der Waals surface area contributed by atoms with Crippen LogP contribution in [-0.4, -0.2) is 69.5 Å². The molecule has 0 spiro atoms. The second-order valence-electron chi connectivity index (χ2n) is 12.0. The minimum absolute atomic E-state index is 0.121. The quantitative estimate of drug-likeness (QED) is 0.241. The number of ether oxygens (including phenoxy) is 1. The minimum Gasteiger partial charge on any atom is -0.381 e. The lowest BCUT2D eigenvalue weighted by molar-refractivity contribution is -0.118. The van der Waals surface area contributed by atoms with Crippen LogP contribution in [0.3, 0.4) is 0 Å². The van der Waals surface area contributed by atoms with Crippen molar-refractivity contribution in [1.29, 1.82) is 0 Å². The molecule has 11 heteroatoms. The van der Waals surface area contributed by atoms with Crippen LogP contribution in [-0.2, 0) is 16.0 Å². The highest BCUT2D eigenvalue weighted by Gasteiger charge is 2.39. The number of piperazine rings is 1. The molecule has 8 nitrogen and oxygen atoms in total. The molecule has 0 radical (unpaired) electrons. The topological polar surface area (TPSA) is 120 Å². The van der Waals surface area contributed by atoms with Gasteiger partial charge in [-0.1, -0.05) is 36.2 Å². The maximum Gasteiger partial charge on any atom is 0.241 e. The van der Waals surface area contributed by atoms with Crippen LogP contribution in [0.4, 0.5) is 10.1 Å². The van der Waals surface area contributed by atoms with Crippen LogP contribution in [0.15, 0.2) is 42.5 Å². The van der Waals surface area contributed by atoms with Crippen LogP contribution in [0.5, 0.6) is 0 Å². The Morgan fingerprint density at radius 3 is 2.76 bits per heavy atom. The SMILES string of the molecule is COC1CCCC([C@H](c2ccc(Cl)cc2)[C@H](N)C(=O)Nc2cccc(F)c2CC[C@H]2CNC3CCCS(O)(O)N2C3)C1. The number of rotatable bonds is 9. The van der Waals surface area contributed by atoms with E-state index in [0.29, 0.717) is 48.0 Å². The number of halogens is 2. The van der Waals surface area contributed by atoms with Crippen molar-refractivity contribution in [2.75, 3.05) is 31.3 Å². The molecule has 3 fully saturated rings. The lowest BCUT2D eigenvalue weighted by Crippen LogP contribution is -2.55. The van der Waals surface area contributed by atoms with E-state index in [2.05, 4.69) is 10.6 Å². The van der Waals surface area contributed by atoms with Crippen molar-refractivity contribution >= 4 is 34.0 Å². The number of nitrogens with two attached hydrogens (primary N) is 1. The molecule has 2 aliphatic heterocycles. The van der Waals surface area contributed by atoms with Gasteiger partial charge in [-0.25, -0.2) is 8.70 Å². The molecule has 1 amide bonds. The summed E-state index contributed by atoms with van der Waals surface area (Å²) in [5, 5.41) is 7.08. The lowest BCUT2D eigenvalue weighted by Gasteiger charge is -2.49. The number of carbonyl (C=O) groups is 1. The first kappa shape index (κ1) is 31.7. The summed E-state index contributed by atoms with van der Waals surface area (Å²) in [7, 11) is -1.13. The van der Waals surface area contributed by atoms with Gasteiger partial charge in [0.05, 0.1) is 17.9 Å². The van der Waals surface area contributed by atoms with Gasteiger partial charge in [0.1, 0.15) is 5.82 Å². The molecule has 5 rings (SSSR count). The molecule has 1 aliphatic carbocycles. The summed E-state index contributed by atoms with van der Waals surface area (Å²) in [4.78, 5) is 13.7. The predicted octanol–water partition coefficient (Wildman–Crippen LogP) is 5.77. The van der Waals surface area contributed by atoms with E-state index >= 15 is 4.39 Å². The van der Waals surface area contributed by atoms with E-state index in [0.717, 1.165) is 44.1 Å². The first-order valence-electron chi connectivity index (χ1n) is 15.0. The third-order valence-electron chi connectivity index (χ3n) is 9.35. The number of carbonyl (C=O) groups excluding carboxylic acids is 1. The fraction of sp³-hybridized carbons (Fsp3) is 0.581. The van der Waals surface area contributed by atoms with E-state index in [1.807, 2.05) is 28.6 Å². The van der Waals surface area contributed by atoms with E-state index in [9.17, 15) is 13.9 Å². The number of benzene rings is 2. The van der Waals surface area contributed by atoms with Crippen LogP contribution in [0, 0.1) is 11.7 Å². The Hall–Kier alpha value is -1.76. The van der Waals surface area contributed by atoms with Gasteiger partial charge < -0.3 is 21.1 Å². The molecular formula is C31H44ClFN4O4S. The van der Waals surface area contributed by atoms with Crippen LogP contribution in [0.25, 0.3) is 0 Å². The molecule has 3 aliphatic rings. The Morgan fingerprint density at radius 2 is 2.00 bits per heavy atom. The maximum atomic E-state index is 15.2. The number of anilines is 1. The van der Waals surface area contributed by atoms with Crippen molar-refractivity contribution in [3.63, 3.8) is 0 Å². The van der Waals surface area contributed by atoms with Gasteiger partial charge in [-0.15, -0.1) is 10.8 Å². The zero-order valence-corrected chi connectivity index (χ0v) is 25.8. The van der Waals surface area contributed by atoms with Crippen LogP contribution < -0.4 is 16.4 Å².